The Labute approximate surface area is 192 Å². The molecule has 33 heavy (non-hydrogen) atoms. The predicted molar refractivity (Wildman–Crippen MR) is 121 cm³/mol. The summed E-state index contributed by atoms with van der Waals surface area (Å²) in [5.41, 5.74) is 9.58. The van der Waals surface area contributed by atoms with Crippen LogP contribution in [-0.2, 0) is 19.5 Å². The zero-order valence-corrected chi connectivity index (χ0v) is 19.1. The van der Waals surface area contributed by atoms with Gasteiger partial charge in [0.05, 0.1) is 23.5 Å². The van der Waals surface area contributed by atoms with E-state index >= 15 is 0 Å². The summed E-state index contributed by atoms with van der Waals surface area (Å²) < 4.78 is 24.2. The van der Waals surface area contributed by atoms with Gasteiger partial charge < -0.3 is 10.6 Å². The number of nitrogens with one attached hydrogen (secondary N) is 1. The highest BCUT2D eigenvalue weighted by Gasteiger charge is 2.42. The predicted octanol–water partition coefficient (Wildman–Crippen LogP) is 1.40. The number of sulfone groups is 1. The van der Waals surface area contributed by atoms with Gasteiger partial charge in [0.15, 0.2) is 9.84 Å². The fraction of sp³-hybridized carbons (Fsp3) is 0.500. The van der Waals surface area contributed by atoms with Gasteiger partial charge in [-0.15, -0.1) is 4.91 Å². The topological polar surface area (TPSA) is 164 Å². The first-order valence-corrected chi connectivity index (χ1v) is 12.3. The van der Waals surface area contributed by atoms with Gasteiger partial charge in [0.2, 0.25) is 0 Å². The van der Waals surface area contributed by atoms with Crippen LogP contribution in [0.15, 0.2) is 34.7 Å². The lowest BCUT2D eigenvalue weighted by molar-refractivity contribution is -0.122. The first-order valence-electron chi connectivity index (χ1n) is 10.4. The van der Waals surface area contributed by atoms with Crippen molar-refractivity contribution in [3.05, 3.63) is 40.3 Å². The van der Waals surface area contributed by atoms with Crippen molar-refractivity contribution in [3.8, 4) is 17.9 Å². The summed E-state index contributed by atoms with van der Waals surface area (Å²) in [4.78, 5) is 27.9. The molecule has 0 spiro atoms. The number of nitrogens with zero attached hydrogens (tertiary/aromatic N) is 3. The maximum atomic E-state index is 12.1. The molecule has 1 saturated carbocycles. The molecule has 1 amide bonds. The van der Waals surface area contributed by atoms with Gasteiger partial charge >= 0.3 is 0 Å². The summed E-state index contributed by atoms with van der Waals surface area (Å²) in [7, 11) is -3.81. The number of hydrogen-bond acceptors (Lipinski definition) is 9. The molecule has 2 aliphatic rings. The summed E-state index contributed by atoms with van der Waals surface area (Å²) in [5.74, 6) is 4.75. The van der Waals surface area contributed by atoms with E-state index in [0.717, 1.165) is 30.2 Å². The minimum absolute atomic E-state index is 0.187. The Kier molecular flexibility index (Phi) is 7.15. The molecule has 0 aromatic heterocycles. The third-order valence-electron chi connectivity index (χ3n) is 6.01. The van der Waals surface area contributed by atoms with E-state index in [1.807, 2.05) is 24.3 Å². The van der Waals surface area contributed by atoms with E-state index in [1.54, 1.807) is 12.3 Å². The lowest BCUT2D eigenvalue weighted by Gasteiger charge is -2.40. The molecule has 1 aromatic carbocycles. The van der Waals surface area contributed by atoms with Crippen molar-refractivity contribution in [2.24, 2.45) is 28.0 Å². The first-order chi connectivity index (χ1) is 15.6. The summed E-state index contributed by atoms with van der Waals surface area (Å²) in [6, 6.07) is 9.52. The molecule has 1 heterocycles. The Balaban J connectivity index is 1.61. The third-order valence-corrected chi connectivity index (χ3v) is 7.57. The van der Waals surface area contributed by atoms with Crippen LogP contribution >= 0.6 is 0 Å². The number of benzene rings is 1. The molecule has 0 radical (unpaired) electrons. The van der Waals surface area contributed by atoms with Crippen LogP contribution in [0.4, 0.5) is 0 Å². The van der Waals surface area contributed by atoms with Gasteiger partial charge in [0, 0.05) is 35.6 Å². The Morgan fingerprint density at radius 3 is 2.64 bits per heavy atom. The highest BCUT2D eigenvalue weighted by atomic mass is 32.2. The van der Waals surface area contributed by atoms with Crippen LogP contribution in [0.5, 0.6) is 0 Å². The van der Waals surface area contributed by atoms with Crippen LogP contribution < -0.4 is 11.2 Å². The molecule has 174 valence electrons. The van der Waals surface area contributed by atoms with Gasteiger partial charge in [-0.3, -0.25) is 4.79 Å². The van der Waals surface area contributed by atoms with E-state index in [0.29, 0.717) is 18.6 Å². The number of carbonyl (C=O) groups is 1. The lowest BCUT2D eigenvalue weighted by atomic mass is 9.68. The Morgan fingerprint density at radius 1 is 1.39 bits per heavy atom. The number of rotatable bonds is 7. The quantitative estimate of drug-likeness (QED) is 0.345. The summed E-state index contributed by atoms with van der Waals surface area (Å²) >= 11 is 0. The Bertz CT molecular complexity index is 1150. The van der Waals surface area contributed by atoms with Crippen molar-refractivity contribution in [1.29, 1.82) is 5.26 Å². The van der Waals surface area contributed by atoms with Crippen LogP contribution in [-0.4, -0.2) is 43.2 Å². The monoisotopic (exact) mass is 471 g/mol. The standard InChI is InChI=1S/C22H25N5O5S/c1-14(20(33(2,30)31)21(28)25-27-29)19-11-18(26-32-19)17-7-5-15(6-8-17)3-4-16-12-22(24,13-16)9-10-23/h5-8,14,16,19-20H,9,11-13,24H2,1-2H3,(H,25,28,29)/t14-,16?,19?,20?,22?/m0/s1. The molecular formula is C22H25N5O5S. The number of carbonyl (C=O) groups excluding carboxylic acids is 1. The van der Waals surface area contributed by atoms with Gasteiger partial charge in [-0.25, -0.2) is 13.8 Å². The summed E-state index contributed by atoms with van der Waals surface area (Å²) in [5, 5.41) is 13.7. The van der Waals surface area contributed by atoms with Crippen LogP contribution in [0.2, 0.25) is 0 Å². The average Bonchev–Trinajstić information content (AvgIpc) is 3.21. The van der Waals surface area contributed by atoms with Crippen molar-refractivity contribution >= 4 is 21.5 Å². The van der Waals surface area contributed by atoms with Gasteiger partial charge in [0.1, 0.15) is 11.4 Å². The van der Waals surface area contributed by atoms with Crippen molar-refractivity contribution in [3.63, 3.8) is 0 Å². The molecule has 10 nitrogen and oxygen atoms in total. The van der Waals surface area contributed by atoms with Gasteiger partial charge in [-0.2, -0.15) is 5.26 Å². The van der Waals surface area contributed by atoms with Crippen molar-refractivity contribution < 1.29 is 18.0 Å². The maximum Gasteiger partial charge on any atom is 0.261 e. The van der Waals surface area contributed by atoms with E-state index in [1.165, 1.54) is 0 Å². The smallest absolute Gasteiger partial charge is 0.261 e. The number of oxime groups is 1. The molecule has 3 atom stereocenters. The highest BCUT2D eigenvalue weighted by Crippen LogP contribution is 2.37. The second-order valence-corrected chi connectivity index (χ2v) is 10.9. The number of amides is 1. The number of nitrogens with two attached hydrogens (primary N) is 1. The highest BCUT2D eigenvalue weighted by molar-refractivity contribution is 7.92. The zero-order valence-electron chi connectivity index (χ0n) is 18.3. The molecule has 1 aliphatic heterocycles. The van der Waals surface area contributed by atoms with E-state index in [4.69, 9.17) is 15.8 Å². The number of nitriles is 1. The maximum absolute atomic E-state index is 12.1. The first kappa shape index (κ1) is 24.4. The molecule has 11 heteroatoms. The second-order valence-electron chi connectivity index (χ2n) is 8.71. The van der Waals surface area contributed by atoms with Crippen LogP contribution in [0, 0.1) is 39.9 Å². The van der Waals surface area contributed by atoms with Crippen LogP contribution in [0.3, 0.4) is 0 Å². The van der Waals surface area contributed by atoms with Gasteiger partial charge in [-0.05, 0) is 30.5 Å². The van der Waals surface area contributed by atoms with Crippen molar-refractivity contribution in [2.75, 3.05) is 6.26 Å². The minimum atomic E-state index is -3.81. The van der Waals surface area contributed by atoms with Crippen molar-refractivity contribution in [1.82, 2.24) is 5.43 Å². The number of hydrogen-bond donors (Lipinski definition) is 2. The number of nitroso groups, excluding NO2 is 1. The fourth-order valence-corrected chi connectivity index (χ4v) is 5.63. The molecule has 0 bridgehead atoms. The lowest BCUT2D eigenvalue weighted by Crippen LogP contribution is -2.51. The molecular weight excluding hydrogens is 446 g/mol. The van der Waals surface area contributed by atoms with Crippen LogP contribution in [0.1, 0.15) is 43.7 Å². The average molecular weight is 472 g/mol. The molecule has 1 aromatic rings. The second kappa shape index (κ2) is 9.69. The fourth-order valence-electron chi connectivity index (χ4n) is 4.23. The van der Waals surface area contributed by atoms with Crippen molar-refractivity contribution in [2.45, 2.75) is 49.5 Å². The Morgan fingerprint density at radius 2 is 2.06 bits per heavy atom. The summed E-state index contributed by atoms with van der Waals surface area (Å²) in [6.07, 6.45) is 2.35. The molecule has 2 unspecified atom stereocenters. The van der Waals surface area contributed by atoms with E-state index < -0.39 is 38.6 Å². The molecule has 0 saturated heterocycles. The zero-order chi connectivity index (χ0) is 24.2. The van der Waals surface area contributed by atoms with Gasteiger partial charge in [0.25, 0.3) is 5.91 Å². The van der Waals surface area contributed by atoms with E-state index in [2.05, 4.69) is 28.4 Å². The van der Waals surface area contributed by atoms with E-state index in [-0.39, 0.29) is 5.92 Å². The van der Waals surface area contributed by atoms with Gasteiger partial charge in [-0.1, -0.05) is 36.1 Å². The molecule has 3 rings (SSSR count). The largest absolute Gasteiger partial charge is 0.391 e. The normalized spacial score (nSPS) is 25.7. The summed E-state index contributed by atoms with van der Waals surface area (Å²) in [6.45, 7) is 1.56. The minimum Gasteiger partial charge on any atom is -0.391 e. The SMILES string of the molecule is C[C@@H](C1CC(c2ccc(C#CC3CC(N)(CC#N)C3)cc2)=NO1)C(C(=O)NN=O)S(C)(=O)=O. The molecule has 1 fully saturated rings. The Hall–Kier alpha value is -3.28. The molecule has 3 N–H and O–H groups in total. The van der Waals surface area contributed by atoms with Crippen LogP contribution in [0.25, 0.3) is 0 Å². The molecule has 1 aliphatic carbocycles. The van der Waals surface area contributed by atoms with E-state index in [9.17, 15) is 18.1 Å². The third kappa shape index (κ3) is 5.75.